The average molecular weight is 533 g/mol. The highest BCUT2D eigenvalue weighted by Gasteiger charge is 2.28. The van der Waals surface area contributed by atoms with Crippen LogP contribution in [0.5, 0.6) is 5.75 Å². The number of benzene rings is 1. The maximum Gasteiger partial charge on any atom is 0.360 e. The number of aromatic nitrogens is 3. The molecule has 1 amide bonds. The summed E-state index contributed by atoms with van der Waals surface area (Å²) in [5.74, 6) is -1.07. The standard InChI is InChI=1S/C23H25BrN4O6/c1-14-9-26(10-15(2)34-14)18(29)12-27-11-17(24)28-21(30)20(19(22(31)32-3)25-23(27)28)33-13-16-7-5-4-6-8-16/h4-8,11,14-15H,9-10,12-13H2,1-3H3/t14-,15-/m0/s1. The van der Waals surface area contributed by atoms with Crippen molar-refractivity contribution in [3.63, 3.8) is 0 Å². The zero-order chi connectivity index (χ0) is 24.4. The Morgan fingerprint density at radius 3 is 2.50 bits per heavy atom. The van der Waals surface area contributed by atoms with E-state index in [0.29, 0.717) is 17.7 Å². The van der Waals surface area contributed by atoms with Gasteiger partial charge in [-0.25, -0.2) is 14.2 Å². The van der Waals surface area contributed by atoms with Crippen LogP contribution < -0.4 is 10.3 Å². The Hall–Kier alpha value is -3.18. The minimum Gasteiger partial charge on any atom is -0.481 e. The molecule has 2 atom stereocenters. The molecule has 1 aromatic carbocycles. The minimum absolute atomic E-state index is 0.0637. The Balaban J connectivity index is 1.70. The van der Waals surface area contributed by atoms with Gasteiger partial charge < -0.3 is 23.7 Å². The monoisotopic (exact) mass is 532 g/mol. The molecule has 0 unspecified atom stereocenters. The Bertz CT molecular complexity index is 1260. The van der Waals surface area contributed by atoms with Crippen LogP contribution in [0.1, 0.15) is 29.9 Å². The topological polar surface area (TPSA) is 104 Å². The van der Waals surface area contributed by atoms with E-state index in [2.05, 4.69) is 20.9 Å². The molecule has 0 spiro atoms. The van der Waals surface area contributed by atoms with Gasteiger partial charge in [0.1, 0.15) is 17.8 Å². The number of amides is 1. The molecule has 1 saturated heterocycles. The van der Waals surface area contributed by atoms with Crippen molar-refractivity contribution >= 4 is 33.6 Å². The number of imidazole rings is 1. The van der Waals surface area contributed by atoms with Gasteiger partial charge in [-0.3, -0.25) is 9.59 Å². The molecule has 0 radical (unpaired) electrons. The number of morpholine rings is 1. The SMILES string of the molecule is COC(=O)c1nc2n(CC(=O)N3C[C@H](C)O[C@@H](C)C3)cc(Br)n2c(=O)c1OCc1ccccc1. The normalized spacial score (nSPS) is 18.2. The lowest BCUT2D eigenvalue weighted by Gasteiger charge is -2.35. The zero-order valence-electron chi connectivity index (χ0n) is 19.1. The highest BCUT2D eigenvalue weighted by atomic mass is 79.9. The molecular formula is C23H25BrN4O6. The number of hydrogen-bond donors (Lipinski definition) is 0. The van der Waals surface area contributed by atoms with Crippen molar-refractivity contribution in [1.82, 2.24) is 18.9 Å². The third kappa shape index (κ3) is 4.85. The predicted octanol–water partition coefficient (Wildman–Crippen LogP) is 2.26. The summed E-state index contributed by atoms with van der Waals surface area (Å²) in [5.41, 5.74) is -0.0246. The van der Waals surface area contributed by atoms with Crippen molar-refractivity contribution in [1.29, 1.82) is 0 Å². The summed E-state index contributed by atoms with van der Waals surface area (Å²) in [6.07, 6.45) is 1.44. The highest BCUT2D eigenvalue weighted by molar-refractivity contribution is 9.10. The van der Waals surface area contributed by atoms with Crippen LogP contribution in [0.25, 0.3) is 5.78 Å². The lowest BCUT2D eigenvalue weighted by molar-refractivity contribution is -0.143. The second-order valence-electron chi connectivity index (χ2n) is 8.13. The quantitative estimate of drug-likeness (QED) is 0.448. The number of methoxy groups -OCH3 is 1. The number of halogens is 1. The molecule has 1 aliphatic rings. The molecule has 180 valence electrons. The summed E-state index contributed by atoms with van der Waals surface area (Å²) < 4.78 is 19.4. The Kier molecular flexibility index (Phi) is 7.03. The molecule has 3 heterocycles. The number of ether oxygens (including phenoxy) is 3. The Labute approximate surface area is 204 Å². The number of esters is 1. The molecule has 11 heteroatoms. The summed E-state index contributed by atoms with van der Waals surface area (Å²) in [6, 6.07) is 9.24. The Morgan fingerprint density at radius 2 is 1.85 bits per heavy atom. The summed E-state index contributed by atoms with van der Waals surface area (Å²) in [5, 5.41) is 0. The maximum atomic E-state index is 13.3. The summed E-state index contributed by atoms with van der Waals surface area (Å²) in [6.45, 7) is 4.78. The first kappa shape index (κ1) is 24.0. The van der Waals surface area contributed by atoms with Crippen molar-refractivity contribution in [3.05, 3.63) is 62.7 Å². The van der Waals surface area contributed by atoms with Gasteiger partial charge in [0.05, 0.1) is 19.3 Å². The largest absolute Gasteiger partial charge is 0.481 e. The van der Waals surface area contributed by atoms with Gasteiger partial charge in [-0.2, -0.15) is 0 Å². The molecule has 0 N–H and O–H groups in total. The van der Waals surface area contributed by atoms with Crippen LogP contribution >= 0.6 is 15.9 Å². The molecule has 1 fully saturated rings. The van der Waals surface area contributed by atoms with Crippen LogP contribution in [0.15, 0.2) is 45.9 Å². The fourth-order valence-corrected chi connectivity index (χ4v) is 4.53. The second kappa shape index (κ2) is 9.98. The van der Waals surface area contributed by atoms with Gasteiger partial charge in [-0.15, -0.1) is 0 Å². The van der Waals surface area contributed by atoms with E-state index in [0.717, 1.165) is 5.56 Å². The Morgan fingerprint density at radius 1 is 1.18 bits per heavy atom. The summed E-state index contributed by atoms with van der Waals surface area (Å²) in [7, 11) is 1.20. The minimum atomic E-state index is -0.811. The van der Waals surface area contributed by atoms with E-state index in [1.54, 1.807) is 11.1 Å². The number of hydrogen-bond acceptors (Lipinski definition) is 7. The zero-order valence-corrected chi connectivity index (χ0v) is 20.6. The fourth-order valence-electron chi connectivity index (χ4n) is 3.96. The number of carbonyl (C=O) groups is 2. The average Bonchev–Trinajstić information content (AvgIpc) is 3.12. The number of fused-ring (bicyclic) bond motifs is 1. The van der Waals surface area contributed by atoms with Crippen molar-refractivity contribution in [2.24, 2.45) is 0 Å². The van der Waals surface area contributed by atoms with Crippen LogP contribution in [0.2, 0.25) is 0 Å². The van der Waals surface area contributed by atoms with Gasteiger partial charge in [-0.1, -0.05) is 30.3 Å². The maximum absolute atomic E-state index is 13.3. The summed E-state index contributed by atoms with van der Waals surface area (Å²) in [4.78, 5) is 44.9. The van der Waals surface area contributed by atoms with E-state index in [4.69, 9.17) is 14.2 Å². The molecular weight excluding hydrogens is 508 g/mol. The number of rotatable bonds is 6. The van der Waals surface area contributed by atoms with E-state index < -0.39 is 11.5 Å². The van der Waals surface area contributed by atoms with Gasteiger partial charge in [0.15, 0.2) is 5.69 Å². The number of carbonyl (C=O) groups excluding carboxylic acids is 2. The molecule has 1 aliphatic heterocycles. The number of nitrogens with zero attached hydrogens (tertiary/aromatic N) is 4. The van der Waals surface area contributed by atoms with Crippen LogP contribution in [0.4, 0.5) is 0 Å². The van der Waals surface area contributed by atoms with Crippen LogP contribution in [0, 0.1) is 0 Å². The van der Waals surface area contributed by atoms with Crippen molar-refractivity contribution in [2.45, 2.75) is 39.2 Å². The van der Waals surface area contributed by atoms with Crippen molar-refractivity contribution in [2.75, 3.05) is 20.2 Å². The second-order valence-corrected chi connectivity index (χ2v) is 8.94. The van der Waals surface area contributed by atoms with Gasteiger partial charge in [0.25, 0.3) is 0 Å². The van der Waals surface area contributed by atoms with Crippen LogP contribution in [0.3, 0.4) is 0 Å². The molecule has 0 aliphatic carbocycles. The highest BCUT2D eigenvalue weighted by Crippen LogP contribution is 2.21. The summed E-state index contributed by atoms with van der Waals surface area (Å²) >= 11 is 3.37. The van der Waals surface area contributed by atoms with E-state index in [1.807, 2.05) is 44.2 Å². The lowest BCUT2D eigenvalue weighted by atomic mass is 10.2. The fraction of sp³-hybridized carbons (Fsp3) is 0.391. The van der Waals surface area contributed by atoms with Crippen LogP contribution in [-0.4, -0.2) is 63.1 Å². The van der Waals surface area contributed by atoms with Gasteiger partial charge in [-0.05, 0) is 35.3 Å². The molecule has 0 saturated carbocycles. The first-order valence-electron chi connectivity index (χ1n) is 10.8. The van der Waals surface area contributed by atoms with Gasteiger partial charge in [0.2, 0.25) is 17.4 Å². The van der Waals surface area contributed by atoms with E-state index >= 15 is 0 Å². The lowest BCUT2D eigenvalue weighted by Crippen LogP contribution is -2.49. The van der Waals surface area contributed by atoms with Crippen LogP contribution in [-0.2, 0) is 27.4 Å². The molecule has 3 aromatic rings. The van der Waals surface area contributed by atoms with Gasteiger partial charge >= 0.3 is 11.5 Å². The smallest absolute Gasteiger partial charge is 0.360 e. The van der Waals surface area contributed by atoms with E-state index in [-0.39, 0.29) is 48.5 Å². The molecule has 4 rings (SSSR count). The first-order valence-corrected chi connectivity index (χ1v) is 11.6. The first-order chi connectivity index (χ1) is 16.3. The van der Waals surface area contributed by atoms with E-state index in [1.165, 1.54) is 16.1 Å². The van der Waals surface area contributed by atoms with E-state index in [9.17, 15) is 14.4 Å². The predicted molar refractivity (Wildman–Crippen MR) is 126 cm³/mol. The van der Waals surface area contributed by atoms with Crippen molar-refractivity contribution in [3.8, 4) is 5.75 Å². The third-order valence-electron chi connectivity index (χ3n) is 5.44. The molecule has 2 aromatic heterocycles. The molecule has 10 nitrogen and oxygen atoms in total. The van der Waals surface area contributed by atoms with Crippen molar-refractivity contribution < 1.29 is 23.8 Å². The molecule has 0 bridgehead atoms. The van der Waals surface area contributed by atoms with Gasteiger partial charge in [0, 0.05) is 19.3 Å². The third-order valence-corrected chi connectivity index (χ3v) is 6.00. The molecule has 34 heavy (non-hydrogen) atoms.